The predicted molar refractivity (Wildman–Crippen MR) is 90.3 cm³/mol. The number of hydrogen-bond donors (Lipinski definition) is 3. The van der Waals surface area contributed by atoms with Gasteiger partial charge in [0, 0.05) is 18.0 Å². The lowest BCUT2D eigenvalue weighted by Crippen LogP contribution is -2.53. The van der Waals surface area contributed by atoms with Crippen molar-refractivity contribution in [3.8, 4) is 0 Å². The van der Waals surface area contributed by atoms with Gasteiger partial charge in [-0.2, -0.15) is 0 Å². The van der Waals surface area contributed by atoms with Crippen LogP contribution in [0.4, 0.5) is 0 Å². The van der Waals surface area contributed by atoms with E-state index in [1.165, 1.54) is 6.42 Å². The Morgan fingerprint density at radius 1 is 1.13 bits per heavy atom. The first-order valence-electron chi connectivity index (χ1n) is 8.16. The zero-order valence-corrected chi connectivity index (χ0v) is 14.8. The zero-order chi connectivity index (χ0) is 16.9. The van der Waals surface area contributed by atoms with Crippen LogP contribution in [0, 0.1) is 5.92 Å². The Hall–Kier alpha value is -1.89. The minimum atomic E-state index is -2.26. The Labute approximate surface area is 137 Å². The van der Waals surface area contributed by atoms with Crippen LogP contribution < -0.4 is 15.6 Å². The maximum Gasteiger partial charge on any atom is 0.215 e. The van der Waals surface area contributed by atoms with Gasteiger partial charge in [0.25, 0.3) is 0 Å². The summed E-state index contributed by atoms with van der Waals surface area (Å²) in [7, 11) is -2.26. The van der Waals surface area contributed by atoms with E-state index in [9.17, 15) is 14.4 Å². The number of rotatable bonds is 7. The van der Waals surface area contributed by atoms with Gasteiger partial charge in [0.2, 0.25) is 18.7 Å². The fourth-order valence-electron chi connectivity index (χ4n) is 3.41. The maximum atomic E-state index is 12.6. The average molecular weight is 335 g/mol. The lowest BCUT2D eigenvalue weighted by Gasteiger charge is -2.30. The average Bonchev–Trinajstić information content (AvgIpc) is 2.92. The molecular formula is C16H25N3O3Si. The van der Waals surface area contributed by atoms with E-state index in [1.54, 1.807) is 0 Å². The topological polar surface area (TPSA) is 87.3 Å². The van der Waals surface area contributed by atoms with E-state index in [1.807, 2.05) is 6.08 Å². The van der Waals surface area contributed by atoms with Gasteiger partial charge >= 0.3 is 0 Å². The Balaban J connectivity index is 2.12. The second kappa shape index (κ2) is 7.59. The minimum absolute atomic E-state index is 0.108. The highest BCUT2D eigenvalue weighted by atomic mass is 28.3. The van der Waals surface area contributed by atoms with E-state index in [0.29, 0.717) is 30.6 Å². The number of nitrogens with one attached hydrogen (secondary N) is 3. The lowest BCUT2D eigenvalue weighted by molar-refractivity contribution is -0.124. The molecule has 0 heterocycles. The molecule has 0 unspecified atom stereocenters. The molecule has 1 fully saturated rings. The van der Waals surface area contributed by atoms with Gasteiger partial charge in [0.05, 0.1) is 5.70 Å². The van der Waals surface area contributed by atoms with Crippen LogP contribution in [0.25, 0.3) is 0 Å². The summed E-state index contributed by atoms with van der Waals surface area (Å²) in [6.07, 6.45) is 9.13. The third-order valence-electron chi connectivity index (χ3n) is 4.60. The van der Waals surface area contributed by atoms with Crippen LogP contribution in [0.1, 0.15) is 38.5 Å². The van der Waals surface area contributed by atoms with Gasteiger partial charge in [-0.15, -0.1) is 0 Å². The van der Waals surface area contributed by atoms with Crippen molar-refractivity contribution in [2.24, 2.45) is 5.92 Å². The van der Waals surface area contributed by atoms with Crippen molar-refractivity contribution in [3.05, 3.63) is 22.7 Å². The summed E-state index contributed by atoms with van der Waals surface area (Å²) in [6.45, 7) is 4.10. The van der Waals surface area contributed by atoms with Gasteiger partial charge in [-0.1, -0.05) is 25.3 Å². The van der Waals surface area contributed by atoms with Crippen molar-refractivity contribution in [1.29, 1.82) is 0 Å². The standard InChI is InChI=1S/C16H25N3O3Si/c1-23(2,19-16(22)12-6-4-3-5-7-12)14-9-8-13(17-10-20)15(14)18-11-21/h9-12H,3-8H2,1-2H3,(H,17,20)(H,18,21)(H,19,22). The molecule has 2 aliphatic rings. The number of amides is 3. The molecule has 0 atom stereocenters. The fraction of sp³-hybridized carbons (Fsp3) is 0.562. The normalized spacial score (nSPS) is 19.1. The summed E-state index contributed by atoms with van der Waals surface area (Å²) in [5.74, 6) is 0.237. The molecule has 23 heavy (non-hydrogen) atoms. The molecule has 2 aliphatic carbocycles. The summed E-state index contributed by atoms with van der Waals surface area (Å²) in [5, 5.41) is 6.27. The molecule has 2 rings (SSSR count). The van der Waals surface area contributed by atoms with Gasteiger partial charge in [0.15, 0.2) is 8.24 Å². The first-order chi connectivity index (χ1) is 11.0. The monoisotopic (exact) mass is 335 g/mol. The van der Waals surface area contributed by atoms with Crippen molar-refractivity contribution in [2.45, 2.75) is 51.6 Å². The second-order valence-corrected chi connectivity index (χ2v) is 10.7. The molecule has 126 valence electrons. The Bertz CT molecular complexity index is 549. The summed E-state index contributed by atoms with van der Waals surface area (Å²) < 4.78 is 0. The Morgan fingerprint density at radius 2 is 1.78 bits per heavy atom. The fourth-order valence-corrected chi connectivity index (χ4v) is 5.82. The molecule has 0 spiro atoms. The zero-order valence-electron chi connectivity index (χ0n) is 13.8. The van der Waals surface area contributed by atoms with Gasteiger partial charge < -0.3 is 15.6 Å². The summed E-state index contributed by atoms with van der Waals surface area (Å²) in [4.78, 5) is 37.4. The van der Waals surface area contributed by atoms with E-state index >= 15 is 0 Å². The van der Waals surface area contributed by atoms with E-state index in [2.05, 4.69) is 28.7 Å². The predicted octanol–water partition coefficient (Wildman–Crippen LogP) is 1.46. The molecule has 1 saturated carbocycles. The molecule has 0 aromatic rings. The van der Waals surface area contributed by atoms with Crippen molar-refractivity contribution in [1.82, 2.24) is 15.6 Å². The van der Waals surface area contributed by atoms with E-state index in [4.69, 9.17) is 0 Å². The third-order valence-corrected chi connectivity index (χ3v) is 7.28. The van der Waals surface area contributed by atoms with Gasteiger partial charge in [0.1, 0.15) is 0 Å². The highest BCUT2D eigenvalue weighted by Gasteiger charge is 2.36. The van der Waals surface area contributed by atoms with Crippen molar-refractivity contribution in [2.75, 3.05) is 0 Å². The first kappa shape index (κ1) is 17.5. The van der Waals surface area contributed by atoms with Crippen molar-refractivity contribution < 1.29 is 14.4 Å². The van der Waals surface area contributed by atoms with Crippen LogP contribution in [0.2, 0.25) is 13.1 Å². The first-order valence-corrected chi connectivity index (χ1v) is 11.2. The van der Waals surface area contributed by atoms with E-state index in [-0.39, 0.29) is 11.8 Å². The summed E-state index contributed by atoms with van der Waals surface area (Å²) in [6, 6.07) is 0. The molecule has 6 nitrogen and oxygen atoms in total. The van der Waals surface area contributed by atoms with Crippen LogP contribution in [0.15, 0.2) is 22.7 Å². The molecule has 0 saturated heterocycles. The lowest BCUT2D eigenvalue weighted by atomic mass is 9.89. The molecule has 0 radical (unpaired) electrons. The smallest absolute Gasteiger partial charge is 0.215 e. The SMILES string of the molecule is C[Si](C)(NC(=O)C1CCCCC1)C1=CCC(NC=O)=C1NC=O. The molecule has 3 N–H and O–H groups in total. The van der Waals surface area contributed by atoms with Crippen LogP contribution in [-0.4, -0.2) is 27.0 Å². The van der Waals surface area contributed by atoms with Crippen LogP contribution in [0.3, 0.4) is 0 Å². The molecule has 7 heteroatoms. The molecule has 0 aromatic heterocycles. The minimum Gasteiger partial charge on any atom is -0.378 e. The highest BCUT2D eigenvalue weighted by molar-refractivity contribution is 6.84. The second-order valence-electron chi connectivity index (χ2n) is 6.65. The Kier molecular flexibility index (Phi) is 5.76. The maximum absolute atomic E-state index is 12.6. The molecule has 0 aromatic carbocycles. The molecule has 3 amide bonds. The third kappa shape index (κ3) is 4.10. The quantitative estimate of drug-likeness (QED) is 0.486. The van der Waals surface area contributed by atoms with Gasteiger partial charge in [-0.3, -0.25) is 14.4 Å². The summed E-state index contributed by atoms with van der Waals surface area (Å²) in [5.41, 5.74) is 1.31. The molecule has 0 bridgehead atoms. The highest BCUT2D eigenvalue weighted by Crippen LogP contribution is 2.30. The largest absolute Gasteiger partial charge is 0.378 e. The number of carbonyl (C=O) groups is 3. The van der Waals surface area contributed by atoms with Crippen LogP contribution >= 0.6 is 0 Å². The van der Waals surface area contributed by atoms with Crippen molar-refractivity contribution >= 4 is 27.0 Å². The van der Waals surface area contributed by atoms with Crippen molar-refractivity contribution in [3.63, 3.8) is 0 Å². The summed E-state index contributed by atoms with van der Waals surface area (Å²) >= 11 is 0. The molecular weight excluding hydrogens is 310 g/mol. The van der Waals surface area contributed by atoms with Crippen LogP contribution in [-0.2, 0) is 14.4 Å². The van der Waals surface area contributed by atoms with Crippen LogP contribution in [0.5, 0.6) is 0 Å². The number of hydrogen-bond acceptors (Lipinski definition) is 3. The van der Waals surface area contributed by atoms with Gasteiger partial charge in [-0.05, 0) is 31.1 Å². The Morgan fingerprint density at radius 3 is 2.39 bits per heavy atom. The van der Waals surface area contributed by atoms with E-state index in [0.717, 1.165) is 30.9 Å². The van der Waals surface area contributed by atoms with Gasteiger partial charge in [-0.25, -0.2) is 0 Å². The number of carbonyl (C=O) groups excluding carboxylic acids is 3. The van der Waals surface area contributed by atoms with E-state index < -0.39 is 8.24 Å². The molecule has 0 aliphatic heterocycles. The number of allylic oxidation sites excluding steroid dienone is 2.